The molecule has 0 saturated heterocycles. The van der Waals surface area contributed by atoms with E-state index in [9.17, 15) is 4.79 Å². The van der Waals surface area contributed by atoms with Gasteiger partial charge in [0.1, 0.15) is 0 Å². The molecule has 0 aliphatic heterocycles. The van der Waals surface area contributed by atoms with Crippen LogP contribution in [-0.2, 0) is 10.2 Å². The lowest BCUT2D eigenvalue weighted by Gasteiger charge is -2.32. The molecule has 1 unspecified atom stereocenters. The van der Waals surface area contributed by atoms with Crippen molar-refractivity contribution in [3.63, 3.8) is 0 Å². The van der Waals surface area contributed by atoms with E-state index in [0.717, 1.165) is 0 Å². The Hall–Kier alpha value is -2.13. The van der Waals surface area contributed by atoms with Crippen LogP contribution in [0.4, 0.5) is 0 Å². The number of carbonyl (C=O) groups excluding carboxylic acids is 1. The van der Waals surface area contributed by atoms with Crippen molar-refractivity contribution >= 4 is 5.91 Å². The van der Waals surface area contributed by atoms with Gasteiger partial charge in [0.25, 0.3) is 0 Å². The molecule has 0 radical (unpaired) electrons. The first kappa shape index (κ1) is 15.3. The summed E-state index contributed by atoms with van der Waals surface area (Å²) in [7, 11) is 0. The minimum atomic E-state index is -0.280. The van der Waals surface area contributed by atoms with Crippen molar-refractivity contribution in [1.82, 2.24) is 5.32 Å². The number of aryl methyl sites for hydroxylation is 1. The highest BCUT2D eigenvalue weighted by Gasteiger charge is 2.30. The number of rotatable bonds is 5. The van der Waals surface area contributed by atoms with Gasteiger partial charge in [-0.25, -0.2) is 0 Å². The van der Waals surface area contributed by atoms with Gasteiger partial charge in [0, 0.05) is 12.0 Å². The normalized spacial score (nSPS) is 13.5. The van der Waals surface area contributed by atoms with E-state index < -0.39 is 0 Å². The molecular weight excluding hydrogens is 260 g/mol. The molecule has 0 heterocycles. The number of benzene rings is 2. The smallest absolute Gasteiger partial charge is 0.233 e. The molecule has 1 atom stereocenters. The zero-order valence-electron chi connectivity index (χ0n) is 12.6. The zero-order valence-corrected chi connectivity index (χ0v) is 12.6. The molecule has 2 rings (SSSR count). The van der Waals surface area contributed by atoms with E-state index in [4.69, 9.17) is 5.73 Å². The Morgan fingerprint density at radius 2 is 1.71 bits per heavy atom. The molecule has 3 nitrogen and oxygen atoms in total. The van der Waals surface area contributed by atoms with E-state index >= 15 is 0 Å². The second-order valence-electron chi connectivity index (χ2n) is 5.49. The topological polar surface area (TPSA) is 55.1 Å². The van der Waals surface area contributed by atoms with Gasteiger partial charge in [0.2, 0.25) is 5.91 Å². The van der Waals surface area contributed by atoms with Crippen LogP contribution >= 0.6 is 0 Å². The van der Waals surface area contributed by atoms with Gasteiger partial charge in [-0.15, -0.1) is 0 Å². The predicted octanol–water partition coefficient (Wildman–Crippen LogP) is 2.38. The van der Waals surface area contributed by atoms with Crippen LogP contribution in [0, 0.1) is 6.92 Å². The van der Waals surface area contributed by atoms with Crippen LogP contribution < -0.4 is 11.1 Å². The summed E-state index contributed by atoms with van der Waals surface area (Å²) in [6.45, 7) is 4.79. The number of carbonyl (C=O) groups is 1. The third-order valence-electron chi connectivity index (χ3n) is 3.97. The lowest BCUT2D eigenvalue weighted by atomic mass is 9.74. The number of amides is 1. The second kappa shape index (κ2) is 6.55. The molecule has 0 spiro atoms. The summed E-state index contributed by atoms with van der Waals surface area (Å²) in [6, 6.07) is 18.5. The summed E-state index contributed by atoms with van der Waals surface area (Å²) in [6.07, 6.45) is 0. The maximum absolute atomic E-state index is 11.6. The molecule has 0 bridgehead atoms. The van der Waals surface area contributed by atoms with Crippen molar-refractivity contribution in [2.45, 2.75) is 19.3 Å². The summed E-state index contributed by atoms with van der Waals surface area (Å²) >= 11 is 0. The SMILES string of the molecule is Cc1ccccc1C(C)(CNC(=O)CN)c1ccccc1. The molecule has 2 aromatic rings. The predicted molar refractivity (Wildman–Crippen MR) is 86.1 cm³/mol. The number of hydrogen-bond acceptors (Lipinski definition) is 2. The van der Waals surface area contributed by atoms with Gasteiger partial charge in [-0.2, -0.15) is 0 Å². The minimum absolute atomic E-state index is 0.0125. The highest BCUT2D eigenvalue weighted by molar-refractivity contribution is 5.78. The molecule has 2 aromatic carbocycles. The first-order valence-corrected chi connectivity index (χ1v) is 7.16. The Morgan fingerprint density at radius 3 is 2.33 bits per heavy atom. The summed E-state index contributed by atoms with van der Waals surface area (Å²) in [5, 5.41) is 2.93. The van der Waals surface area contributed by atoms with Gasteiger partial charge < -0.3 is 11.1 Å². The van der Waals surface area contributed by atoms with Gasteiger partial charge in [-0.1, -0.05) is 54.6 Å². The van der Waals surface area contributed by atoms with Gasteiger partial charge >= 0.3 is 0 Å². The van der Waals surface area contributed by atoms with Gasteiger partial charge in [-0.05, 0) is 30.5 Å². The Morgan fingerprint density at radius 1 is 1.10 bits per heavy atom. The Balaban J connectivity index is 2.44. The fourth-order valence-electron chi connectivity index (χ4n) is 2.70. The summed E-state index contributed by atoms with van der Waals surface area (Å²) in [5.41, 5.74) is 8.72. The Kier molecular flexibility index (Phi) is 4.76. The van der Waals surface area contributed by atoms with Crippen molar-refractivity contribution in [3.8, 4) is 0 Å². The molecular formula is C18H22N2O. The average Bonchev–Trinajstić information content (AvgIpc) is 2.53. The summed E-state index contributed by atoms with van der Waals surface area (Å²) in [4.78, 5) is 11.6. The van der Waals surface area contributed by atoms with Crippen LogP contribution in [0.5, 0.6) is 0 Å². The molecule has 0 saturated carbocycles. The van der Waals surface area contributed by atoms with Crippen molar-refractivity contribution in [2.75, 3.05) is 13.1 Å². The first-order chi connectivity index (χ1) is 10.1. The average molecular weight is 282 g/mol. The van der Waals surface area contributed by atoms with E-state index in [1.54, 1.807) is 0 Å². The highest BCUT2D eigenvalue weighted by Crippen LogP contribution is 2.33. The third kappa shape index (κ3) is 3.31. The zero-order chi connectivity index (χ0) is 15.3. The third-order valence-corrected chi connectivity index (χ3v) is 3.97. The standard InChI is InChI=1S/C18H22N2O/c1-14-8-6-7-11-16(14)18(2,13-20-17(21)12-19)15-9-4-3-5-10-15/h3-11H,12-13,19H2,1-2H3,(H,20,21). The maximum atomic E-state index is 11.6. The lowest BCUT2D eigenvalue weighted by Crippen LogP contribution is -2.42. The monoisotopic (exact) mass is 282 g/mol. The Bertz CT molecular complexity index is 610. The molecule has 3 N–H and O–H groups in total. The molecule has 110 valence electrons. The van der Waals surface area contributed by atoms with Gasteiger partial charge in [0.05, 0.1) is 6.54 Å². The quantitative estimate of drug-likeness (QED) is 0.884. The summed E-state index contributed by atoms with van der Waals surface area (Å²) < 4.78 is 0. The van der Waals surface area contributed by atoms with E-state index in [1.165, 1.54) is 16.7 Å². The van der Waals surface area contributed by atoms with E-state index in [0.29, 0.717) is 6.54 Å². The van der Waals surface area contributed by atoms with Crippen LogP contribution in [0.1, 0.15) is 23.6 Å². The van der Waals surface area contributed by atoms with E-state index in [1.807, 2.05) is 30.3 Å². The van der Waals surface area contributed by atoms with Gasteiger partial charge in [-0.3, -0.25) is 4.79 Å². The Labute approximate surface area is 126 Å². The van der Waals surface area contributed by atoms with Crippen LogP contribution in [0.15, 0.2) is 54.6 Å². The maximum Gasteiger partial charge on any atom is 0.233 e. The number of nitrogens with two attached hydrogens (primary N) is 1. The largest absolute Gasteiger partial charge is 0.354 e. The number of nitrogens with one attached hydrogen (secondary N) is 1. The number of hydrogen-bond donors (Lipinski definition) is 2. The van der Waals surface area contributed by atoms with Crippen molar-refractivity contribution in [1.29, 1.82) is 0 Å². The van der Waals surface area contributed by atoms with Crippen LogP contribution in [0.2, 0.25) is 0 Å². The second-order valence-corrected chi connectivity index (χ2v) is 5.49. The molecule has 3 heteroatoms. The molecule has 0 aliphatic rings. The molecule has 1 amide bonds. The molecule has 21 heavy (non-hydrogen) atoms. The molecule has 0 fully saturated rings. The van der Waals surface area contributed by atoms with Crippen LogP contribution in [0.25, 0.3) is 0 Å². The fraction of sp³-hybridized carbons (Fsp3) is 0.278. The van der Waals surface area contributed by atoms with Crippen LogP contribution in [0.3, 0.4) is 0 Å². The summed E-state index contributed by atoms with van der Waals surface area (Å²) in [5.74, 6) is -0.134. The minimum Gasteiger partial charge on any atom is -0.354 e. The van der Waals surface area contributed by atoms with Crippen LogP contribution in [-0.4, -0.2) is 19.0 Å². The van der Waals surface area contributed by atoms with E-state index in [-0.39, 0.29) is 17.9 Å². The van der Waals surface area contributed by atoms with Gasteiger partial charge in [0.15, 0.2) is 0 Å². The van der Waals surface area contributed by atoms with E-state index in [2.05, 4.69) is 43.4 Å². The molecule has 0 aromatic heterocycles. The van der Waals surface area contributed by atoms with Crippen molar-refractivity contribution in [2.24, 2.45) is 5.73 Å². The fourth-order valence-corrected chi connectivity index (χ4v) is 2.70. The van der Waals surface area contributed by atoms with Crippen molar-refractivity contribution < 1.29 is 4.79 Å². The molecule has 0 aliphatic carbocycles. The highest BCUT2D eigenvalue weighted by atomic mass is 16.1. The lowest BCUT2D eigenvalue weighted by molar-refractivity contribution is -0.119. The van der Waals surface area contributed by atoms with Crippen molar-refractivity contribution in [3.05, 3.63) is 71.3 Å². The first-order valence-electron chi connectivity index (χ1n) is 7.16.